The Bertz CT molecular complexity index is 339. The zero-order valence-electron chi connectivity index (χ0n) is 8.30. The third-order valence-electron chi connectivity index (χ3n) is 2.53. The molecule has 1 saturated heterocycles. The Morgan fingerprint density at radius 2 is 2.40 bits per heavy atom. The molecule has 1 N–H and O–H groups in total. The molecule has 1 aromatic rings. The molecule has 0 spiro atoms. The number of benzene rings is 1. The lowest BCUT2D eigenvalue weighted by Crippen LogP contribution is -2.15. The van der Waals surface area contributed by atoms with Gasteiger partial charge in [0.05, 0.1) is 11.1 Å². The first-order chi connectivity index (χ1) is 7.25. The van der Waals surface area contributed by atoms with E-state index in [1.54, 1.807) is 6.07 Å². The fraction of sp³-hybridized carbons (Fsp3) is 0.455. The van der Waals surface area contributed by atoms with E-state index >= 15 is 0 Å². The molecule has 1 fully saturated rings. The first-order valence-corrected chi connectivity index (χ1v) is 5.83. The van der Waals surface area contributed by atoms with Gasteiger partial charge in [0.2, 0.25) is 0 Å². The van der Waals surface area contributed by atoms with Crippen LogP contribution in [0.15, 0.2) is 22.7 Å². The lowest BCUT2D eigenvalue weighted by Gasteiger charge is -2.11. The Morgan fingerprint density at radius 3 is 3.07 bits per heavy atom. The van der Waals surface area contributed by atoms with E-state index in [0.717, 1.165) is 19.5 Å². The Labute approximate surface area is 96.9 Å². The normalized spacial score (nSPS) is 20.5. The van der Waals surface area contributed by atoms with Crippen LogP contribution in [0.5, 0.6) is 5.75 Å². The van der Waals surface area contributed by atoms with E-state index in [1.807, 2.05) is 0 Å². The molecule has 4 heteroatoms. The highest BCUT2D eigenvalue weighted by Crippen LogP contribution is 2.26. The van der Waals surface area contributed by atoms with Gasteiger partial charge in [-0.15, -0.1) is 0 Å². The van der Waals surface area contributed by atoms with Gasteiger partial charge in [-0.25, -0.2) is 4.39 Å². The number of nitrogens with one attached hydrogen (secondary N) is 1. The molecule has 0 saturated carbocycles. The number of halogens is 2. The topological polar surface area (TPSA) is 21.3 Å². The van der Waals surface area contributed by atoms with Crippen molar-refractivity contribution in [2.75, 3.05) is 19.7 Å². The molecule has 1 aliphatic heterocycles. The Morgan fingerprint density at radius 1 is 1.53 bits per heavy atom. The lowest BCUT2D eigenvalue weighted by molar-refractivity contribution is 0.258. The van der Waals surface area contributed by atoms with Crippen LogP contribution in [0.4, 0.5) is 4.39 Å². The van der Waals surface area contributed by atoms with Crippen molar-refractivity contribution < 1.29 is 9.13 Å². The van der Waals surface area contributed by atoms with Gasteiger partial charge in [0.15, 0.2) is 0 Å². The molecule has 2 rings (SSSR count). The maximum absolute atomic E-state index is 12.8. The van der Waals surface area contributed by atoms with Gasteiger partial charge in [0, 0.05) is 12.5 Å². The maximum Gasteiger partial charge on any atom is 0.133 e. The molecular weight excluding hydrogens is 261 g/mol. The highest BCUT2D eigenvalue weighted by molar-refractivity contribution is 9.10. The minimum absolute atomic E-state index is 0.253. The van der Waals surface area contributed by atoms with Crippen molar-refractivity contribution in [3.63, 3.8) is 0 Å². The molecule has 0 aliphatic carbocycles. The van der Waals surface area contributed by atoms with Crippen molar-refractivity contribution in [2.24, 2.45) is 5.92 Å². The predicted molar refractivity (Wildman–Crippen MR) is 60.6 cm³/mol. The quantitative estimate of drug-likeness (QED) is 0.914. The van der Waals surface area contributed by atoms with Crippen molar-refractivity contribution in [1.29, 1.82) is 0 Å². The summed E-state index contributed by atoms with van der Waals surface area (Å²) in [7, 11) is 0. The average molecular weight is 274 g/mol. The van der Waals surface area contributed by atoms with Crippen LogP contribution in [0.3, 0.4) is 0 Å². The summed E-state index contributed by atoms with van der Waals surface area (Å²) in [6, 6.07) is 4.48. The van der Waals surface area contributed by atoms with Crippen LogP contribution in [0.2, 0.25) is 0 Å². The summed E-state index contributed by atoms with van der Waals surface area (Å²) < 4.78 is 19.1. The Hall–Kier alpha value is -0.610. The van der Waals surface area contributed by atoms with Gasteiger partial charge in [-0.2, -0.15) is 0 Å². The molecule has 0 radical (unpaired) electrons. The Kier molecular flexibility index (Phi) is 3.59. The second-order valence-electron chi connectivity index (χ2n) is 3.74. The van der Waals surface area contributed by atoms with Gasteiger partial charge in [0.25, 0.3) is 0 Å². The summed E-state index contributed by atoms with van der Waals surface area (Å²) in [5.74, 6) is 1.03. The van der Waals surface area contributed by atoms with Gasteiger partial charge >= 0.3 is 0 Å². The molecule has 1 heterocycles. The summed E-state index contributed by atoms with van der Waals surface area (Å²) in [5.41, 5.74) is 0. The van der Waals surface area contributed by atoms with E-state index in [1.165, 1.54) is 12.1 Å². The van der Waals surface area contributed by atoms with Gasteiger partial charge in [0.1, 0.15) is 11.6 Å². The van der Waals surface area contributed by atoms with Gasteiger partial charge < -0.3 is 10.1 Å². The SMILES string of the molecule is Fc1ccc(OCC2CCNC2)c(Br)c1. The molecule has 2 nitrogen and oxygen atoms in total. The highest BCUT2D eigenvalue weighted by atomic mass is 79.9. The first kappa shape index (κ1) is 10.9. The largest absolute Gasteiger partial charge is 0.492 e. The zero-order chi connectivity index (χ0) is 10.7. The smallest absolute Gasteiger partial charge is 0.133 e. The van der Waals surface area contributed by atoms with Crippen LogP contribution in [0.1, 0.15) is 6.42 Å². The second kappa shape index (κ2) is 4.94. The molecule has 1 aliphatic rings. The highest BCUT2D eigenvalue weighted by Gasteiger charge is 2.15. The third kappa shape index (κ3) is 2.92. The number of hydrogen-bond donors (Lipinski definition) is 1. The maximum atomic E-state index is 12.8. The molecule has 0 amide bonds. The summed E-state index contributed by atoms with van der Waals surface area (Å²) in [5, 5.41) is 3.28. The van der Waals surface area contributed by atoms with Gasteiger partial charge in [-0.1, -0.05) is 0 Å². The predicted octanol–water partition coefficient (Wildman–Crippen LogP) is 2.58. The van der Waals surface area contributed by atoms with Crippen molar-refractivity contribution in [3.8, 4) is 5.75 Å². The molecular formula is C11H13BrFNO. The number of hydrogen-bond acceptors (Lipinski definition) is 2. The number of ether oxygens (including phenoxy) is 1. The third-order valence-corrected chi connectivity index (χ3v) is 3.15. The van der Waals surface area contributed by atoms with Gasteiger partial charge in [-0.3, -0.25) is 0 Å². The number of rotatable bonds is 3. The standard InChI is InChI=1S/C11H13BrFNO/c12-10-5-9(13)1-2-11(10)15-7-8-3-4-14-6-8/h1-2,5,8,14H,3-4,6-7H2. The van der Waals surface area contributed by atoms with Crippen LogP contribution in [-0.4, -0.2) is 19.7 Å². The molecule has 0 bridgehead atoms. The van der Waals surface area contributed by atoms with Crippen LogP contribution in [-0.2, 0) is 0 Å². The van der Waals surface area contributed by atoms with E-state index in [4.69, 9.17) is 4.74 Å². The molecule has 82 valence electrons. The molecule has 0 aromatic heterocycles. The fourth-order valence-corrected chi connectivity index (χ4v) is 2.12. The van der Waals surface area contributed by atoms with Crippen LogP contribution >= 0.6 is 15.9 Å². The molecule has 1 aromatic carbocycles. The minimum Gasteiger partial charge on any atom is -0.492 e. The van der Waals surface area contributed by atoms with E-state index in [-0.39, 0.29) is 5.82 Å². The van der Waals surface area contributed by atoms with Crippen LogP contribution in [0, 0.1) is 11.7 Å². The zero-order valence-corrected chi connectivity index (χ0v) is 9.89. The van der Waals surface area contributed by atoms with Crippen LogP contribution in [0.25, 0.3) is 0 Å². The van der Waals surface area contributed by atoms with E-state index in [9.17, 15) is 4.39 Å². The molecule has 1 atom stereocenters. The summed E-state index contributed by atoms with van der Waals surface area (Å²) in [4.78, 5) is 0. The minimum atomic E-state index is -0.253. The van der Waals surface area contributed by atoms with Crippen molar-refractivity contribution in [3.05, 3.63) is 28.5 Å². The van der Waals surface area contributed by atoms with E-state index < -0.39 is 0 Å². The summed E-state index contributed by atoms with van der Waals surface area (Å²) >= 11 is 3.28. The van der Waals surface area contributed by atoms with Gasteiger partial charge in [-0.05, 0) is 47.1 Å². The Balaban J connectivity index is 1.92. The van der Waals surface area contributed by atoms with E-state index in [2.05, 4.69) is 21.2 Å². The molecule has 15 heavy (non-hydrogen) atoms. The fourth-order valence-electron chi connectivity index (χ4n) is 1.66. The second-order valence-corrected chi connectivity index (χ2v) is 4.60. The summed E-state index contributed by atoms with van der Waals surface area (Å²) in [6.07, 6.45) is 1.15. The van der Waals surface area contributed by atoms with Crippen LogP contribution < -0.4 is 10.1 Å². The molecule has 1 unspecified atom stereocenters. The van der Waals surface area contributed by atoms with Crippen molar-refractivity contribution in [1.82, 2.24) is 5.32 Å². The lowest BCUT2D eigenvalue weighted by atomic mass is 10.1. The van der Waals surface area contributed by atoms with E-state index in [0.29, 0.717) is 22.7 Å². The summed E-state index contributed by atoms with van der Waals surface area (Å²) in [6.45, 7) is 2.77. The van der Waals surface area contributed by atoms with Crippen molar-refractivity contribution in [2.45, 2.75) is 6.42 Å². The monoisotopic (exact) mass is 273 g/mol. The first-order valence-electron chi connectivity index (χ1n) is 5.04. The average Bonchev–Trinajstić information content (AvgIpc) is 2.69. The van der Waals surface area contributed by atoms with Crippen molar-refractivity contribution >= 4 is 15.9 Å².